The summed E-state index contributed by atoms with van der Waals surface area (Å²) in [6.45, 7) is 5.55. The van der Waals surface area contributed by atoms with Crippen molar-refractivity contribution < 1.29 is 18.7 Å². The molecule has 6 nitrogen and oxygen atoms in total. The smallest absolute Gasteiger partial charge is 0.343 e. The van der Waals surface area contributed by atoms with Crippen LogP contribution in [0.4, 0.5) is 14.6 Å². The monoisotopic (exact) mass is 379 g/mol. The van der Waals surface area contributed by atoms with Gasteiger partial charge in [0, 0.05) is 31.7 Å². The molecule has 0 atom stereocenters. The molecule has 0 bridgehead atoms. The third-order valence-electron chi connectivity index (χ3n) is 5.00. The molecule has 2 heterocycles. The Morgan fingerprint density at radius 1 is 1.26 bits per heavy atom. The van der Waals surface area contributed by atoms with Gasteiger partial charge in [0.1, 0.15) is 17.2 Å². The Labute approximate surface area is 155 Å². The Bertz CT molecular complexity index is 950. The van der Waals surface area contributed by atoms with E-state index in [1.807, 2.05) is 6.92 Å². The van der Waals surface area contributed by atoms with E-state index in [4.69, 9.17) is 0 Å². The molecule has 2 N–H and O–H groups in total. The van der Waals surface area contributed by atoms with E-state index in [9.17, 15) is 19.1 Å². The fraction of sp³-hybridized carbons (Fsp3) is 0.474. The number of pyridine rings is 1. The zero-order chi connectivity index (χ0) is 19.7. The molecule has 27 heavy (non-hydrogen) atoms. The Morgan fingerprint density at radius 3 is 2.48 bits per heavy atom. The van der Waals surface area contributed by atoms with Gasteiger partial charge in [0.25, 0.3) is 0 Å². The number of halogens is 2. The average molecular weight is 379 g/mol. The normalized spacial score (nSPS) is 14.3. The molecule has 1 aliphatic heterocycles. The van der Waals surface area contributed by atoms with Crippen LogP contribution in [0.1, 0.15) is 42.6 Å². The van der Waals surface area contributed by atoms with Gasteiger partial charge in [0.2, 0.25) is 5.43 Å². The number of nitrogens with zero attached hydrogens (tertiary/aromatic N) is 2. The number of carboxylic acids is 1. The number of aromatic carboxylic acids is 1. The number of carbonyl (C=O) groups is 1. The van der Waals surface area contributed by atoms with Crippen molar-refractivity contribution in [3.63, 3.8) is 0 Å². The van der Waals surface area contributed by atoms with Crippen molar-refractivity contribution in [2.24, 2.45) is 0 Å². The van der Waals surface area contributed by atoms with E-state index in [1.54, 1.807) is 11.8 Å². The maximum Gasteiger partial charge on any atom is 0.343 e. The number of hydrogen-bond acceptors (Lipinski definition) is 4. The molecule has 1 saturated heterocycles. The molecule has 146 valence electrons. The van der Waals surface area contributed by atoms with E-state index >= 15 is 4.39 Å². The predicted molar refractivity (Wildman–Crippen MR) is 99.6 cm³/mol. The lowest BCUT2D eigenvalue weighted by Crippen LogP contribution is -2.31. The van der Waals surface area contributed by atoms with Crippen LogP contribution in [-0.2, 0) is 13.1 Å². The minimum absolute atomic E-state index is 0.0122. The van der Waals surface area contributed by atoms with Crippen molar-refractivity contribution in [1.82, 2.24) is 9.88 Å². The zero-order valence-corrected chi connectivity index (χ0v) is 15.4. The summed E-state index contributed by atoms with van der Waals surface area (Å²) in [6.07, 6.45) is 1.74. The summed E-state index contributed by atoms with van der Waals surface area (Å²) in [7, 11) is 0. The van der Waals surface area contributed by atoms with Crippen molar-refractivity contribution >= 4 is 22.7 Å². The Balaban J connectivity index is 2.44. The number of hydrogen-bond donors (Lipinski definition) is 2. The van der Waals surface area contributed by atoms with E-state index < -0.39 is 28.6 Å². The lowest BCUT2D eigenvalue weighted by molar-refractivity contribution is 0.0695. The number of aryl methyl sites for hydroxylation is 1. The lowest BCUT2D eigenvalue weighted by Gasteiger charge is -2.26. The standard InChI is InChI=1S/C19H23F2N3O3/c1-3-22-10-12-13(20)9-11-16(15(12)21)24(4-2)18(23-7-5-6-8-23)14(17(11)25)19(26)27/h9,22H,3-8,10H2,1-2H3,(H,26,27). The van der Waals surface area contributed by atoms with E-state index in [1.165, 1.54) is 4.57 Å². The van der Waals surface area contributed by atoms with Gasteiger partial charge in [-0.15, -0.1) is 0 Å². The van der Waals surface area contributed by atoms with Crippen molar-refractivity contribution in [1.29, 1.82) is 0 Å². The lowest BCUT2D eigenvalue weighted by atomic mass is 10.0. The van der Waals surface area contributed by atoms with Crippen LogP contribution >= 0.6 is 0 Å². The molecule has 1 aromatic heterocycles. The van der Waals surface area contributed by atoms with Gasteiger partial charge in [-0.3, -0.25) is 4.79 Å². The third kappa shape index (κ3) is 3.18. The Kier molecular flexibility index (Phi) is 5.46. The van der Waals surface area contributed by atoms with Crippen LogP contribution in [0, 0.1) is 11.6 Å². The Hall–Kier alpha value is -2.48. The molecule has 3 rings (SSSR count). The SMILES string of the molecule is CCNCc1c(F)cc2c(=O)c(C(=O)O)c(N3CCCC3)n(CC)c2c1F. The van der Waals surface area contributed by atoms with Gasteiger partial charge in [0.15, 0.2) is 5.82 Å². The van der Waals surface area contributed by atoms with Crippen LogP contribution in [0.15, 0.2) is 10.9 Å². The predicted octanol–water partition coefficient (Wildman–Crippen LogP) is 2.71. The molecule has 8 heteroatoms. The van der Waals surface area contributed by atoms with Crippen LogP contribution in [0.5, 0.6) is 0 Å². The minimum atomic E-state index is -1.39. The molecule has 0 unspecified atom stereocenters. The fourth-order valence-electron chi connectivity index (χ4n) is 3.73. The fourth-order valence-corrected chi connectivity index (χ4v) is 3.73. The first-order chi connectivity index (χ1) is 12.9. The Morgan fingerprint density at radius 2 is 1.93 bits per heavy atom. The van der Waals surface area contributed by atoms with Crippen molar-refractivity contribution in [2.75, 3.05) is 24.5 Å². The second-order valence-electron chi connectivity index (χ2n) is 6.60. The van der Waals surface area contributed by atoms with Gasteiger partial charge in [0.05, 0.1) is 10.9 Å². The molecular formula is C19H23F2N3O3. The van der Waals surface area contributed by atoms with Crippen molar-refractivity contribution in [2.45, 2.75) is 39.8 Å². The van der Waals surface area contributed by atoms with Crippen LogP contribution in [-0.4, -0.2) is 35.3 Å². The average Bonchev–Trinajstić information content (AvgIpc) is 3.15. The van der Waals surface area contributed by atoms with Gasteiger partial charge < -0.3 is 19.9 Å². The molecule has 1 fully saturated rings. The first-order valence-corrected chi connectivity index (χ1v) is 9.18. The highest BCUT2D eigenvalue weighted by molar-refractivity contribution is 5.99. The molecule has 0 saturated carbocycles. The highest BCUT2D eigenvalue weighted by atomic mass is 19.1. The van der Waals surface area contributed by atoms with Crippen LogP contribution < -0.4 is 15.6 Å². The molecule has 1 aromatic carbocycles. The van der Waals surface area contributed by atoms with Crippen LogP contribution in [0.3, 0.4) is 0 Å². The molecule has 2 aromatic rings. The summed E-state index contributed by atoms with van der Waals surface area (Å²) in [5.74, 6) is -2.85. The summed E-state index contributed by atoms with van der Waals surface area (Å²) in [5.41, 5.74) is -1.47. The first-order valence-electron chi connectivity index (χ1n) is 9.18. The van der Waals surface area contributed by atoms with Gasteiger partial charge in [-0.05, 0) is 32.4 Å². The number of anilines is 1. The van der Waals surface area contributed by atoms with Crippen LogP contribution in [0.25, 0.3) is 10.9 Å². The molecule has 1 aliphatic rings. The highest BCUT2D eigenvalue weighted by Gasteiger charge is 2.29. The first kappa shape index (κ1) is 19.3. The maximum absolute atomic E-state index is 15.3. The number of benzene rings is 1. The summed E-state index contributed by atoms with van der Waals surface area (Å²) < 4.78 is 31.2. The molecule has 0 spiro atoms. The minimum Gasteiger partial charge on any atom is -0.477 e. The number of fused-ring (bicyclic) bond motifs is 1. The van der Waals surface area contributed by atoms with Gasteiger partial charge in [-0.2, -0.15) is 0 Å². The second kappa shape index (κ2) is 7.64. The summed E-state index contributed by atoms with van der Waals surface area (Å²) >= 11 is 0. The van der Waals surface area contributed by atoms with E-state index in [0.29, 0.717) is 19.6 Å². The van der Waals surface area contributed by atoms with E-state index in [0.717, 1.165) is 18.9 Å². The van der Waals surface area contributed by atoms with Crippen molar-refractivity contribution in [3.8, 4) is 0 Å². The number of aromatic nitrogens is 1. The molecular weight excluding hydrogens is 356 g/mol. The zero-order valence-electron chi connectivity index (χ0n) is 15.4. The topological polar surface area (TPSA) is 74.6 Å². The second-order valence-corrected chi connectivity index (χ2v) is 6.60. The number of carboxylic acid groups (broad SMARTS) is 1. The maximum atomic E-state index is 15.3. The van der Waals surface area contributed by atoms with E-state index in [-0.39, 0.29) is 35.4 Å². The molecule has 0 aliphatic carbocycles. The van der Waals surface area contributed by atoms with Crippen molar-refractivity contribution in [3.05, 3.63) is 39.1 Å². The van der Waals surface area contributed by atoms with Gasteiger partial charge >= 0.3 is 5.97 Å². The largest absolute Gasteiger partial charge is 0.477 e. The third-order valence-corrected chi connectivity index (χ3v) is 5.00. The molecule has 0 radical (unpaired) electrons. The van der Waals surface area contributed by atoms with Gasteiger partial charge in [-0.1, -0.05) is 6.92 Å². The van der Waals surface area contributed by atoms with Gasteiger partial charge in [-0.25, -0.2) is 13.6 Å². The quantitative estimate of drug-likeness (QED) is 0.807. The number of nitrogens with one attached hydrogen (secondary N) is 1. The summed E-state index contributed by atoms with van der Waals surface area (Å²) in [4.78, 5) is 26.5. The van der Waals surface area contributed by atoms with Crippen LogP contribution in [0.2, 0.25) is 0 Å². The highest BCUT2D eigenvalue weighted by Crippen LogP contribution is 2.31. The number of rotatable bonds is 6. The van der Waals surface area contributed by atoms with E-state index in [2.05, 4.69) is 5.32 Å². The summed E-state index contributed by atoms with van der Waals surface area (Å²) in [6, 6.07) is 0.958. The summed E-state index contributed by atoms with van der Waals surface area (Å²) in [5, 5.41) is 12.3. The molecule has 0 amide bonds.